The Balaban J connectivity index is 1.78. The Hall–Kier alpha value is -2.27. The monoisotopic (exact) mass is 546 g/mol. The molecule has 31 heavy (non-hydrogen) atoms. The van der Waals surface area contributed by atoms with Gasteiger partial charge in [0, 0.05) is 48.2 Å². The van der Waals surface area contributed by atoms with Gasteiger partial charge in [0.15, 0.2) is 0 Å². The van der Waals surface area contributed by atoms with Gasteiger partial charge in [-0.1, -0.05) is 24.3 Å². The van der Waals surface area contributed by atoms with Crippen LogP contribution in [0.2, 0.25) is 0 Å². The van der Waals surface area contributed by atoms with E-state index in [0.29, 0.717) is 13.0 Å². The third-order valence-corrected chi connectivity index (χ3v) is 7.62. The lowest BCUT2D eigenvalue weighted by Gasteiger charge is -2.11. The minimum absolute atomic E-state index is 0.331. The molecule has 160 valence electrons. The van der Waals surface area contributed by atoms with E-state index in [2.05, 4.69) is 73.4 Å². The Morgan fingerprint density at radius 3 is 2.48 bits per heavy atom. The molecule has 0 radical (unpaired) electrons. The second-order valence-corrected chi connectivity index (χ2v) is 10.5. The minimum Gasteiger partial charge on any atom is -0.315 e. The molecule has 0 atom stereocenters. The maximum Gasteiger partial charge on any atom is 0.278 e. The summed E-state index contributed by atoms with van der Waals surface area (Å²) in [4.78, 5) is 4.11. The van der Waals surface area contributed by atoms with Crippen molar-refractivity contribution in [3.05, 3.63) is 82.3 Å². The number of pyridine rings is 1. The zero-order valence-electron chi connectivity index (χ0n) is 17.3. The molecule has 0 amide bonds. The molecule has 0 aliphatic heterocycles. The van der Waals surface area contributed by atoms with Crippen LogP contribution in [0.15, 0.2) is 73.2 Å². The summed E-state index contributed by atoms with van der Waals surface area (Å²) in [5, 5.41) is 1.11. The SMILES string of the molecule is CN(C)S(=O)(=O)NCCc1cn(-c2ccccc2I)c2cc(-c3ccncc3)ccc12. The molecule has 2 aromatic heterocycles. The first-order valence-electron chi connectivity index (χ1n) is 9.83. The molecular weight excluding hydrogens is 523 g/mol. The highest BCUT2D eigenvalue weighted by Crippen LogP contribution is 2.31. The topological polar surface area (TPSA) is 67.2 Å². The first kappa shape index (κ1) is 21.9. The number of para-hydroxylation sites is 1. The number of rotatable bonds is 7. The molecule has 4 aromatic rings. The van der Waals surface area contributed by atoms with E-state index in [0.717, 1.165) is 36.9 Å². The second kappa shape index (κ2) is 9.07. The summed E-state index contributed by atoms with van der Waals surface area (Å²) in [6, 6.07) is 18.6. The van der Waals surface area contributed by atoms with Crippen molar-refractivity contribution in [2.75, 3.05) is 20.6 Å². The smallest absolute Gasteiger partial charge is 0.278 e. The second-order valence-electron chi connectivity index (χ2n) is 7.38. The van der Waals surface area contributed by atoms with Crippen molar-refractivity contribution in [2.24, 2.45) is 0 Å². The number of fused-ring (bicyclic) bond motifs is 1. The molecule has 0 spiro atoms. The number of hydrogen-bond acceptors (Lipinski definition) is 3. The number of benzene rings is 2. The maximum atomic E-state index is 12.1. The molecule has 0 saturated heterocycles. The van der Waals surface area contributed by atoms with Crippen LogP contribution in [0.3, 0.4) is 0 Å². The summed E-state index contributed by atoms with van der Waals surface area (Å²) in [5.41, 5.74) is 5.49. The summed E-state index contributed by atoms with van der Waals surface area (Å²) in [6.45, 7) is 0.331. The van der Waals surface area contributed by atoms with E-state index in [-0.39, 0.29) is 0 Å². The van der Waals surface area contributed by atoms with Crippen LogP contribution in [0.25, 0.3) is 27.7 Å². The van der Waals surface area contributed by atoms with Crippen LogP contribution in [0.5, 0.6) is 0 Å². The van der Waals surface area contributed by atoms with Crippen LogP contribution in [0.4, 0.5) is 0 Å². The lowest BCUT2D eigenvalue weighted by atomic mass is 10.0. The highest BCUT2D eigenvalue weighted by atomic mass is 127. The number of aromatic nitrogens is 2. The van der Waals surface area contributed by atoms with E-state index in [1.54, 1.807) is 12.4 Å². The van der Waals surface area contributed by atoms with Crippen LogP contribution < -0.4 is 4.72 Å². The molecule has 0 saturated carbocycles. The van der Waals surface area contributed by atoms with Gasteiger partial charge in [0.25, 0.3) is 10.2 Å². The van der Waals surface area contributed by atoms with Crippen LogP contribution in [0, 0.1) is 3.57 Å². The molecule has 4 rings (SSSR count). The zero-order valence-corrected chi connectivity index (χ0v) is 20.3. The molecular formula is C23H23IN4O2S. The van der Waals surface area contributed by atoms with Crippen LogP contribution in [-0.2, 0) is 16.6 Å². The van der Waals surface area contributed by atoms with Crippen molar-refractivity contribution in [2.45, 2.75) is 6.42 Å². The van der Waals surface area contributed by atoms with E-state index in [9.17, 15) is 8.42 Å². The first-order chi connectivity index (χ1) is 14.9. The lowest BCUT2D eigenvalue weighted by Crippen LogP contribution is -2.36. The summed E-state index contributed by atoms with van der Waals surface area (Å²) in [5.74, 6) is 0. The van der Waals surface area contributed by atoms with Gasteiger partial charge in [0.2, 0.25) is 0 Å². The molecule has 2 heterocycles. The van der Waals surface area contributed by atoms with Gasteiger partial charge in [-0.15, -0.1) is 0 Å². The molecule has 0 fully saturated rings. The summed E-state index contributed by atoms with van der Waals surface area (Å²) < 4.78 is 31.3. The van der Waals surface area contributed by atoms with Crippen LogP contribution in [0.1, 0.15) is 5.56 Å². The quantitative estimate of drug-likeness (QED) is 0.353. The Bertz CT molecular complexity index is 1320. The zero-order chi connectivity index (χ0) is 22.0. The van der Waals surface area contributed by atoms with Gasteiger partial charge in [0.05, 0.1) is 11.2 Å². The number of nitrogens with one attached hydrogen (secondary N) is 1. The van der Waals surface area contributed by atoms with Crippen molar-refractivity contribution in [3.8, 4) is 16.8 Å². The standard InChI is InChI=1S/C23H23IN4O2S/c1-27(2)31(29,30)26-14-11-19-16-28(22-6-4-3-5-21(22)24)23-15-18(7-8-20(19)23)17-9-12-25-13-10-17/h3-10,12-13,15-16,26H,11,14H2,1-2H3. The van der Waals surface area contributed by atoms with Crippen LogP contribution >= 0.6 is 22.6 Å². The van der Waals surface area contributed by atoms with Gasteiger partial charge >= 0.3 is 0 Å². The summed E-state index contributed by atoms with van der Waals surface area (Å²) in [6.07, 6.45) is 6.29. The third-order valence-electron chi connectivity index (χ3n) is 5.17. The molecule has 6 nitrogen and oxygen atoms in total. The minimum atomic E-state index is -3.45. The van der Waals surface area contributed by atoms with Crippen molar-refractivity contribution in [1.82, 2.24) is 18.6 Å². The van der Waals surface area contributed by atoms with Gasteiger partial charge in [0.1, 0.15) is 0 Å². The van der Waals surface area contributed by atoms with Crippen molar-refractivity contribution < 1.29 is 8.42 Å². The Morgan fingerprint density at radius 2 is 1.77 bits per heavy atom. The maximum absolute atomic E-state index is 12.1. The van der Waals surface area contributed by atoms with E-state index >= 15 is 0 Å². The largest absolute Gasteiger partial charge is 0.315 e. The summed E-state index contributed by atoms with van der Waals surface area (Å²) in [7, 11) is -0.407. The fourth-order valence-electron chi connectivity index (χ4n) is 3.51. The fourth-order valence-corrected chi connectivity index (χ4v) is 4.78. The first-order valence-corrected chi connectivity index (χ1v) is 12.3. The fraction of sp³-hybridized carbons (Fsp3) is 0.174. The predicted molar refractivity (Wildman–Crippen MR) is 134 cm³/mol. The van der Waals surface area contributed by atoms with Gasteiger partial charge < -0.3 is 4.57 Å². The lowest BCUT2D eigenvalue weighted by molar-refractivity contribution is 0.506. The van der Waals surface area contributed by atoms with Crippen molar-refractivity contribution in [1.29, 1.82) is 0 Å². The van der Waals surface area contributed by atoms with E-state index in [4.69, 9.17) is 0 Å². The van der Waals surface area contributed by atoms with E-state index in [1.807, 2.05) is 24.3 Å². The number of nitrogens with zero attached hydrogens (tertiary/aromatic N) is 3. The highest BCUT2D eigenvalue weighted by molar-refractivity contribution is 14.1. The van der Waals surface area contributed by atoms with Gasteiger partial charge in [-0.25, -0.2) is 4.72 Å². The molecule has 2 aromatic carbocycles. The number of hydrogen-bond donors (Lipinski definition) is 1. The molecule has 0 bridgehead atoms. The molecule has 0 aliphatic carbocycles. The predicted octanol–water partition coefficient (Wildman–Crippen LogP) is 4.24. The Morgan fingerprint density at radius 1 is 1.03 bits per heavy atom. The Kier molecular flexibility index (Phi) is 6.42. The van der Waals surface area contributed by atoms with Crippen molar-refractivity contribution >= 4 is 43.7 Å². The van der Waals surface area contributed by atoms with Gasteiger partial charge in [-0.2, -0.15) is 12.7 Å². The third kappa shape index (κ3) is 4.67. The average molecular weight is 546 g/mol. The van der Waals surface area contributed by atoms with Gasteiger partial charge in [-0.05, 0) is 76.0 Å². The highest BCUT2D eigenvalue weighted by Gasteiger charge is 2.15. The molecule has 0 unspecified atom stereocenters. The molecule has 0 aliphatic rings. The van der Waals surface area contributed by atoms with Crippen LogP contribution in [-0.4, -0.2) is 42.9 Å². The molecule has 1 N–H and O–H groups in total. The van der Waals surface area contributed by atoms with E-state index < -0.39 is 10.2 Å². The average Bonchev–Trinajstić information content (AvgIpc) is 3.12. The normalized spacial score (nSPS) is 12.0. The van der Waals surface area contributed by atoms with E-state index in [1.165, 1.54) is 18.4 Å². The summed E-state index contributed by atoms with van der Waals surface area (Å²) >= 11 is 2.35. The number of halogens is 1. The van der Waals surface area contributed by atoms with Crippen molar-refractivity contribution in [3.63, 3.8) is 0 Å². The Labute approximate surface area is 196 Å². The van der Waals surface area contributed by atoms with Gasteiger partial charge in [-0.3, -0.25) is 4.98 Å². The molecule has 8 heteroatoms.